The average molecular weight is 169 g/mol. The van der Waals surface area contributed by atoms with E-state index in [0.717, 1.165) is 17.9 Å². The van der Waals surface area contributed by atoms with Gasteiger partial charge in [0.2, 0.25) is 0 Å². The minimum Gasteiger partial charge on any atom is -0.317 e. The van der Waals surface area contributed by atoms with Gasteiger partial charge >= 0.3 is 0 Å². The molecule has 0 aromatic heterocycles. The topological polar surface area (TPSA) is 12.0 Å². The van der Waals surface area contributed by atoms with Crippen LogP contribution in [0.25, 0.3) is 0 Å². The Balaban J connectivity index is 2.51. The first-order valence-electron chi connectivity index (χ1n) is 5.43. The molecular formula is C11H23N. The van der Waals surface area contributed by atoms with Crippen molar-refractivity contribution in [2.24, 2.45) is 11.8 Å². The number of nitrogens with one attached hydrogen (secondary N) is 1. The Morgan fingerprint density at radius 1 is 1.08 bits per heavy atom. The number of rotatable bonds is 2. The fraction of sp³-hybridized carbons (Fsp3) is 1.00. The highest BCUT2D eigenvalue weighted by Crippen LogP contribution is 2.28. The Morgan fingerprint density at radius 2 is 1.75 bits per heavy atom. The lowest BCUT2D eigenvalue weighted by molar-refractivity contribution is 0.272. The molecular weight excluding hydrogens is 146 g/mol. The lowest BCUT2D eigenvalue weighted by Gasteiger charge is -2.27. The van der Waals surface area contributed by atoms with Crippen molar-refractivity contribution in [3.8, 4) is 0 Å². The van der Waals surface area contributed by atoms with E-state index in [1.54, 1.807) is 0 Å². The van der Waals surface area contributed by atoms with E-state index in [0.29, 0.717) is 0 Å². The van der Waals surface area contributed by atoms with E-state index in [2.05, 4.69) is 26.2 Å². The average Bonchev–Trinajstić information content (AvgIpc) is 2.27. The summed E-state index contributed by atoms with van der Waals surface area (Å²) in [5.74, 6) is 1.76. The van der Waals surface area contributed by atoms with Crippen molar-refractivity contribution in [1.29, 1.82) is 0 Å². The third-order valence-electron chi connectivity index (χ3n) is 3.30. The minimum absolute atomic E-state index is 0.785. The summed E-state index contributed by atoms with van der Waals surface area (Å²) in [5, 5.41) is 3.48. The SMILES string of the molecule is CNC1CCCCCC1C(C)C. The first-order chi connectivity index (χ1) is 5.75. The van der Waals surface area contributed by atoms with Crippen LogP contribution in [0.1, 0.15) is 46.0 Å². The molecule has 1 saturated carbocycles. The molecule has 2 unspecified atom stereocenters. The molecule has 0 spiro atoms. The zero-order chi connectivity index (χ0) is 8.97. The number of hydrogen-bond donors (Lipinski definition) is 1. The molecule has 0 aromatic rings. The van der Waals surface area contributed by atoms with Crippen LogP contribution in [-0.2, 0) is 0 Å². The molecule has 1 aliphatic carbocycles. The normalized spacial score (nSPS) is 32.0. The molecule has 12 heavy (non-hydrogen) atoms. The minimum atomic E-state index is 0.785. The van der Waals surface area contributed by atoms with Gasteiger partial charge in [-0.05, 0) is 31.7 Å². The van der Waals surface area contributed by atoms with Crippen LogP contribution in [0.4, 0.5) is 0 Å². The Morgan fingerprint density at radius 3 is 2.33 bits per heavy atom. The summed E-state index contributed by atoms with van der Waals surface area (Å²) in [5.41, 5.74) is 0. The highest BCUT2D eigenvalue weighted by atomic mass is 14.9. The van der Waals surface area contributed by atoms with Crippen molar-refractivity contribution in [3.63, 3.8) is 0 Å². The summed E-state index contributed by atoms with van der Waals surface area (Å²) in [7, 11) is 2.12. The van der Waals surface area contributed by atoms with Crippen LogP contribution < -0.4 is 5.32 Å². The van der Waals surface area contributed by atoms with Gasteiger partial charge in [0, 0.05) is 6.04 Å². The zero-order valence-electron chi connectivity index (χ0n) is 8.77. The second-order valence-corrected chi connectivity index (χ2v) is 4.44. The molecule has 0 aromatic carbocycles. The second kappa shape index (κ2) is 4.86. The summed E-state index contributed by atoms with van der Waals surface area (Å²) < 4.78 is 0. The summed E-state index contributed by atoms with van der Waals surface area (Å²) >= 11 is 0. The van der Waals surface area contributed by atoms with Crippen LogP contribution >= 0.6 is 0 Å². The fourth-order valence-corrected chi connectivity index (χ4v) is 2.49. The largest absolute Gasteiger partial charge is 0.317 e. The Bertz CT molecular complexity index is 120. The molecule has 72 valence electrons. The predicted octanol–water partition coefficient (Wildman–Crippen LogP) is 2.81. The fourth-order valence-electron chi connectivity index (χ4n) is 2.49. The van der Waals surface area contributed by atoms with E-state index < -0.39 is 0 Å². The van der Waals surface area contributed by atoms with Crippen LogP contribution in [0.15, 0.2) is 0 Å². The van der Waals surface area contributed by atoms with Gasteiger partial charge < -0.3 is 5.32 Å². The van der Waals surface area contributed by atoms with E-state index in [9.17, 15) is 0 Å². The number of hydrogen-bond acceptors (Lipinski definition) is 1. The maximum Gasteiger partial charge on any atom is 0.00947 e. The van der Waals surface area contributed by atoms with Crippen molar-refractivity contribution < 1.29 is 0 Å². The van der Waals surface area contributed by atoms with Crippen molar-refractivity contribution in [2.75, 3.05) is 7.05 Å². The summed E-state index contributed by atoms with van der Waals surface area (Å²) in [6, 6.07) is 0.785. The third kappa shape index (κ3) is 2.48. The van der Waals surface area contributed by atoms with Crippen LogP contribution in [0.2, 0.25) is 0 Å². The maximum absolute atomic E-state index is 3.48. The van der Waals surface area contributed by atoms with Gasteiger partial charge in [-0.3, -0.25) is 0 Å². The van der Waals surface area contributed by atoms with Gasteiger partial charge in [-0.25, -0.2) is 0 Å². The van der Waals surface area contributed by atoms with Gasteiger partial charge in [-0.1, -0.05) is 33.1 Å². The van der Waals surface area contributed by atoms with Crippen molar-refractivity contribution in [1.82, 2.24) is 5.32 Å². The molecule has 0 radical (unpaired) electrons. The predicted molar refractivity (Wildman–Crippen MR) is 54.3 cm³/mol. The molecule has 0 heterocycles. The smallest absolute Gasteiger partial charge is 0.00947 e. The first kappa shape index (κ1) is 10.0. The molecule has 0 saturated heterocycles. The highest BCUT2D eigenvalue weighted by Gasteiger charge is 2.24. The molecule has 0 amide bonds. The summed E-state index contributed by atoms with van der Waals surface area (Å²) in [6.45, 7) is 4.72. The Hall–Kier alpha value is -0.0400. The molecule has 1 aliphatic rings. The van der Waals surface area contributed by atoms with Crippen molar-refractivity contribution in [2.45, 2.75) is 52.0 Å². The standard InChI is InChI=1S/C11H23N/c1-9(2)10-7-5-4-6-8-11(10)12-3/h9-12H,4-8H2,1-3H3. The van der Waals surface area contributed by atoms with Gasteiger partial charge in [-0.15, -0.1) is 0 Å². The molecule has 1 N–H and O–H groups in total. The van der Waals surface area contributed by atoms with Gasteiger partial charge in [0.1, 0.15) is 0 Å². The third-order valence-corrected chi connectivity index (χ3v) is 3.30. The van der Waals surface area contributed by atoms with Crippen LogP contribution in [-0.4, -0.2) is 13.1 Å². The van der Waals surface area contributed by atoms with Crippen LogP contribution in [0, 0.1) is 11.8 Å². The molecule has 1 heteroatoms. The van der Waals surface area contributed by atoms with Gasteiger partial charge in [0.25, 0.3) is 0 Å². The summed E-state index contributed by atoms with van der Waals surface area (Å²) in [4.78, 5) is 0. The van der Waals surface area contributed by atoms with Gasteiger partial charge in [0.05, 0.1) is 0 Å². The highest BCUT2D eigenvalue weighted by molar-refractivity contribution is 4.80. The molecule has 1 fully saturated rings. The summed E-state index contributed by atoms with van der Waals surface area (Å²) in [6.07, 6.45) is 7.14. The molecule has 2 atom stereocenters. The maximum atomic E-state index is 3.48. The molecule has 0 aliphatic heterocycles. The van der Waals surface area contributed by atoms with Crippen LogP contribution in [0.5, 0.6) is 0 Å². The van der Waals surface area contributed by atoms with E-state index in [4.69, 9.17) is 0 Å². The van der Waals surface area contributed by atoms with E-state index in [1.807, 2.05) is 0 Å². The Kier molecular flexibility index (Phi) is 4.07. The van der Waals surface area contributed by atoms with Gasteiger partial charge in [0.15, 0.2) is 0 Å². The van der Waals surface area contributed by atoms with Crippen molar-refractivity contribution in [3.05, 3.63) is 0 Å². The second-order valence-electron chi connectivity index (χ2n) is 4.44. The van der Waals surface area contributed by atoms with Gasteiger partial charge in [-0.2, -0.15) is 0 Å². The van der Waals surface area contributed by atoms with E-state index in [-0.39, 0.29) is 0 Å². The van der Waals surface area contributed by atoms with Crippen molar-refractivity contribution >= 4 is 0 Å². The lowest BCUT2D eigenvalue weighted by atomic mass is 9.85. The molecule has 1 rings (SSSR count). The molecule has 0 bridgehead atoms. The lowest BCUT2D eigenvalue weighted by Crippen LogP contribution is -2.35. The van der Waals surface area contributed by atoms with Crippen LogP contribution in [0.3, 0.4) is 0 Å². The monoisotopic (exact) mass is 169 g/mol. The first-order valence-corrected chi connectivity index (χ1v) is 5.43. The molecule has 1 nitrogen and oxygen atoms in total. The quantitative estimate of drug-likeness (QED) is 0.627. The van der Waals surface area contributed by atoms with E-state index in [1.165, 1.54) is 32.1 Å². The van der Waals surface area contributed by atoms with E-state index >= 15 is 0 Å². The zero-order valence-corrected chi connectivity index (χ0v) is 8.77. The Labute approximate surface area is 76.9 Å².